The van der Waals surface area contributed by atoms with Crippen molar-refractivity contribution in [1.29, 1.82) is 0 Å². The molecule has 0 saturated carbocycles. The third kappa shape index (κ3) is 2.00. The number of hydrogen-bond acceptors (Lipinski definition) is 1. The van der Waals surface area contributed by atoms with Crippen LogP contribution in [-0.2, 0) is 6.42 Å². The van der Waals surface area contributed by atoms with Crippen molar-refractivity contribution >= 4 is 21.6 Å². The zero-order valence-corrected chi connectivity index (χ0v) is 11.1. The molecule has 0 spiro atoms. The van der Waals surface area contributed by atoms with E-state index in [1.807, 2.05) is 0 Å². The lowest BCUT2D eigenvalue weighted by atomic mass is 9.82. The van der Waals surface area contributed by atoms with Gasteiger partial charge in [-0.15, -0.1) is 0 Å². The number of rotatable bonds is 0. The first-order valence-corrected chi connectivity index (χ1v) is 6.12. The molecule has 0 radical (unpaired) electrons. The highest BCUT2D eigenvalue weighted by molar-refractivity contribution is 9.10. The summed E-state index contributed by atoms with van der Waals surface area (Å²) >= 11 is 3.63. The van der Waals surface area contributed by atoms with E-state index in [4.69, 9.17) is 0 Å². The quantitative estimate of drug-likeness (QED) is 0.676. The van der Waals surface area contributed by atoms with E-state index in [9.17, 15) is 0 Å². The molecule has 80 valence electrons. The highest BCUT2D eigenvalue weighted by atomic mass is 79.9. The fourth-order valence-corrected chi connectivity index (χ4v) is 2.62. The normalized spacial score (nSPS) is 15.9. The Morgan fingerprint density at radius 1 is 1.27 bits per heavy atom. The van der Waals surface area contributed by atoms with Crippen molar-refractivity contribution < 1.29 is 0 Å². The average Bonchev–Trinajstić information content (AvgIpc) is 2.16. The summed E-state index contributed by atoms with van der Waals surface area (Å²) in [5.41, 5.74) is 4.09. The maximum Gasteiger partial charge on any atom is 0.0488 e. The Bertz CT molecular complexity index is 413. The lowest BCUT2D eigenvalue weighted by molar-refractivity contribution is 0.585. The Kier molecular flexibility index (Phi) is 2.72. The Hall–Kier alpha value is -0.630. The average molecular weight is 266 g/mol. The van der Waals surface area contributed by atoms with Gasteiger partial charge in [-0.05, 0) is 18.1 Å². The zero-order chi connectivity index (χ0) is 11.1. The molecule has 15 heavy (non-hydrogen) atoms. The molecule has 2 heteroatoms. The summed E-state index contributed by atoms with van der Waals surface area (Å²) in [6.45, 7) is 7.59. The minimum Gasteiger partial charge on any atom is -0.288 e. The molecular weight excluding hydrogens is 250 g/mol. The number of benzene rings is 1. The summed E-state index contributed by atoms with van der Waals surface area (Å²) in [7, 11) is 0. The van der Waals surface area contributed by atoms with Gasteiger partial charge in [0.05, 0.1) is 0 Å². The van der Waals surface area contributed by atoms with Crippen molar-refractivity contribution in [2.24, 2.45) is 10.4 Å². The van der Waals surface area contributed by atoms with Crippen LogP contribution in [0.4, 0.5) is 0 Å². The highest BCUT2D eigenvalue weighted by Gasteiger charge is 2.26. The summed E-state index contributed by atoms with van der Waals surface area (Å²) in [6.07, 6.45) is 1.06. The van der Waals surface area contributed by atoms with E-state index in [1.54, 1.807) is 0 Å². The molecule has 0 atom stereocenters. The molecule has 0 bridgehead atoms. The van der Waals surface area contributed by atoms with Crippen LogP contribution in [0.15, 0.2) is 27.7 Å². The van der Waals surface area contributed by atoms with Crippen LogP contribution in [0.5, 0.6) is 0 Å². The van der Waals surface area contributed by atoms with Crippen LogP contribution in [0.25, 0.3) is 0 Å². The molecule has 1 aliphatic heterocycles. The summed E-state index contributed by atoms with van der Waals surface area (Å²) in [4.78, 5) is 4.69. The predicted octanol–water partition coefficient (Wildman–Crippen LogP) is 3.84. The molecule has 0 aliphatic carbocycles. The van der Waals surface area contributed by atoms with Gasteiger partial charge in [0.1, 0.15) is 0 Å². The van der Waals surface area contributed by atoms with Crippen molar-refractivity contribution in [2.75, 3.05) is 6.54 Å². The van der Waals surface area contributed by atoms with Gasteiger partial charge >= 0.3 is 0 Å². The molecule has 0 aromatic heterocycles. The zero-order valence-electron chi connectivity index (χ0n) is 9.47. The molecule has 2 rings (SSSR count). The molecule has 0 N–H and O–H groups in total. The summed E-state index contributed by atoms with van der Waals surface area (Å²) in [5, 5.41) is 0. The molecular formula is C13H16BrN. The summed E-state index contributed by atoms with van der Waals surface area (Å²) in [5.74, 6) is 0. The van der Waals surface area contributed by atoms with E-state index in [0.29, 0.717) is 0 Å². The van der Waals surface area contributed by atoms with Gasteiger partial charge in [0, 0.05) is 27.7 Å². The second-order valence-electron chi connectivity index (χ2n) is 5.00. The number of halogens is 1. The standard InChI is InChI=1S/C13H16BrN/c1-13(2,3)12-11-9(7-8-15-12)5-4-6-10(11)14/h4-6H,7-8H2,1-3H3. The minimum atomic E-state index is 0.124. The first-order valence-electron chi connectivity index (χ1n) is 5.33. The van der Waals surface area contributed by atoms with Gasteiger partial charge in [-0.2, -0.15) is 0 Å². The minimum absolute atomic E-state index is 0.124. The first-order chi connectivity index (χ1) is 7.00. The number of nitrogens with zero attached hydrogens (tertiary/aromatic N) is 1. The Morgan fingerprint density at radius 3 is 2.67 bits per heavy atom. The van der Waals surface area contributed by atoms with Gasteiger partial charge in [-0.25, -0.2) is 0 Å². The molecule has 1 aromatic rings. The monoisotopic (exact) mass is 265 g/mol. The van der Waals surface area contributed by atoms with Crippen molar-refractivity contribution in [3.63, 3.8) is 0 Å². The van der Waals surface area contributed by atoms with Crippen molar-refractivity contribution in [2.45, 2.75) is 27.2 Å². The molecule has 0 amide bonds. The second kappa shape index (κ2) is 3.75. The molecule has 0 fully saturated rings. The summed E-state index contributed by atoms with van der Waals surface area (Å²) in [6, 6.07) is 6.42. The van der Waals surface area contributed by atoms with E-state index in [-0.39, 0.29) is 5.41 Å². The third-order valence-electron chi connectivity index (χ3n) is 2.70. The maximum atomic E-state index is 4.69. The van der Waals surface area contributed by atoms with E-state index in [0.717, 1.165) is 13.0 Å². The Morgan fingerprint density at radius 2 is 2.00 bits per heavy atom. The summed E-state index contributed by atoms with van der Waals surface area (Å²) < 4.78 is 1.17. The largest absolute Gasteiger partial charge is 0.288 e. The van der Waals surface area contributed by atoms with Crippen molar-refractivity contribution in [3.05, 3.63) is 33.8 Å². The van der Waals surface area contributed by atoms with Gasteiger partial charge in [-0.3, -0.25) is 4.99 Å². The number of fused-ring (bicyclic) bond motifs is 1. The molecule has 1 nitrogen and oxygen atoms in total. The van der Waals surface area contributed by atoms with Crippen LogP contribution in [-0.4, -0.2) is 12.3 Å². The lowest BCUT2D eigenvalue weighted by Gasteiger charge is -2.27. The van der Waals surface area contributed by atoms with Crippen molar-refractivity contribution in [3.8, 4) is 0 Å². The predicted molar refractivity (Wildman–Crippen MR) is 68.7 cm³/mol. The third-order valence-corrected chi connectivity index (χ3v) is 3.36. The topological polar surface area (TPSA) is 12.4 Å². The van der Waals surface area contributed by atoms with Crippen LogP contribution < -0.4 is 0 Å². The van der Waals surface area contributed by atoms with E-state index in [2.05, 4.69) is 59.9 Å². The Labute approximate surface area is 99.7 Å². The van der Waals surface area contributed by atoms with E-state index >= 15 is 0 Å². The van der Waals surface area contributed by atoms with Gasteiger partial charge in [0.2, 0.25) is 0 Å². The van der Waals surface area contributed by atoms with E-state index in [1.165, 1.54) is 21.3 Å². The first kappa shape index (κ1) is 10.9. The highest BCUT2D eigenvalue weighted by Crippen LogP contribution is 2.32. The van der Waals surface area contributed by atoms with Crippen molar-refractivity contribution in [1.82, 2.24) is 0 Å². The van der Waals surface area contributed by atoms with E-state index < -0.39 is 0 Å². The van der Waals surface area contributed by atoms with Crippen LogP contribution in [0.3, 0.4) is 0 Å². The fraction of sp³-hybridized carbons (Fsp3) is 0.462. The van der Waals surface area contributed by atoms with Gasteiger partial charge in [0.15, 0.2) is 0 Å². The second-order valence-corrected chi connectivity index (χ2v) is 5.86. The SMILES string of the molecule is CC(C)(C)C1=NCCc2cccc(Br)c21. The number of hydrogen-bond donors (Lipinski definition) is 0. The van der Waals surface area contributed by atoms with Gasteiger partial charge in [-0.1, -0.05) is 48.8 Å². The van der Waals surface area contributed by atoms with Gasteiger partial charge < -0.3 is 0 Å². The lowest BCUT2D eigenvalue weighted by Crippen LogP contribution is -2.26. The molecule has 1 aliphatic rings. The van der Waals surface area contributed by atoms with Crippen LogP contribution in [0.2, 0.25) is 0 Å². The molecule has 0 unspecified atom stereocenters. The fourth-order valence-electron chi connectivity index (χ4n) is 2.02. The molecule has 1 heterocycles. The Balaban J connectivity index is 2.60. The number of aliphatic imine (C=N–C) groups is 1. The maximum absolute atomic E-state index is 4.69. The molecule has 0 saturated heterocycles. The van der Waals surface area contributed by atoms with Crippen LogP contribution in [0, 0.1) is 5.41 Å². The van der Waals surface area contributed by atoms with Crippen LogP contribution in [0.1, 0.15) is 31.9 Å². The smallest absolute Gasteiger partial charge is 0.0488 e. The molecule has 1 aromatic carbocycles. The van der Waals surface area contributed by atoms with Gasteiger partial charge in [0.25, 0.3) is 0 Å². The van der Waals surface area contributed by atoms with Crippen LogP contribution >= 0.6 is 15.9 Å².